The van der Waals surface area contributed by atoms with Crippen LogP contribution in [0.4, 0.5) is 0 Å². The molecule has 0 aliphatic carbocycles. The van der Waals surface area contributed by atoms with Gasteiger partial charge in [0.1, 0.15) is 11.0 Å². The van der Waals surface area contributed by atoms with Gasteiger partial charge in [-0.25, -0.2) is 9.00 Å². The molecule has 2 atom stereocenters. The predicted molar refractivity (Wildman–Crippen MR) is 145 cm³/mol. The van der Waals surface area contributed by atoms with Crippen molar-refractivity contribution < 1.29 is 23.3 Å². The van der Waals surface area contributed by atoms with E-state index in [-0.39, 0.29) is 36.5 Å². The van der Waals surface area contributed by atoms with E-state index in [0.29, 0.717) is 18.7 Å². The quantitative estimate of drug-likeness (QED) is 0.193. The molecule has 1 N–H and O–H groups in total. The molecule has 1 fully saturated rings. The van der Waals surface area contributed by atoms with Crippen LogP contribution in [-0.4, -0.2) is 45.5 Å². The van der Waals surface area contributed by atoms with Gasteiger partial charge in [-0.15, -0.1) is 0 Å². The van der Waals surface area contributed by atoms with E-state index in [2.05, 4.69) is 5.32 Å². The summed E-state index contributed by atoms with van der Waals surface area (Å²) in [6.45, 7) is 2.88. The molecule has 0 aromatic heterocycles. The van der Waals surface area contributed by atoms with Crippen molar-refractivity contribution in [2.24, 2.45) is 0 Å². The molecule has 0 spiro atoms. The lowest BCUT2D eigenvalue weighted by Crippen LogP contribution is -2.55. The number of rotatable bonds is 15. The summed E-state index contributed by atoms with van der Waals surface area (Å²) in [5, 5.41) is 3.67. The van der Waals surface area contributed by atoms with Crippen LogP contribution in [0.2, 0.25) is 5.02 Å². The number of esters is 1. The Morgan fingerprint density at radius 1 is 1.03 bits per heavy atom. The zero-order chi connectivity index (χ0) is 26.6. The van der Waals surface area contributed by atoms with Crippen molar-refractivity contribution in [3.63, 3.8) is 0 Å². The third-order valence-corrected chi connectivity index (χ3v) is 7.95. The summed E-state index contributed by atoms with van der Waals surface area (Å²) in [6.07, 6.45) is 6.24. The molecular formula is C28H35ClN2O5S. The van der Waals surface area contributed by atoms with Gasteiger partial charge < -0.3 is 10.1 Å². The number of nitrogens with zero attached hydrogens (tertiary/aromatic N) is 1. The number of hydrogen-bond acceptors (Lipinski definition) is 5. The van der Waals surface area contributed by atoms with Gasteiger partial charge in [-0.3, -0.25) is 13.9 Å². The maximum atomic E-state index is 12.8. The van der Waals surface area contributed by atoms with Gasteiger partial charge in [0.05, 0.1) is 24.0 Å². The van der Waals surface area contributed by atoms with Crippen LogP contribution in [0.3, 0.4) is 0 Å². The Balaban J connectivity index is 1.32. The van der Waals surface area contributed by atoms with Crippen LogP contribution in [-0.2, 0) is 37.5 Å². The Kier molecular flexibility index (Phi) is 11.6. The van der Waals surface area contributed by atoms with Crippen molar-refractivity contribution in [1.82, 2.24) is 9.62 Å². The fourth-order valence-electron chi connectivity index (χ4n) is 4.10. The number of nitrogens with one attached hydrogen (secondary N) is 1. The lowest BCUT2D eigenvalue weighted by atomic mass is 10.0. The number of carbonyl (C=O) groups is 3. The molecule has 1 saturated heterocycles. The molecule has 1 heterocycles. The average molecular weight is 547 g/mol. The SMILES string of the molecule is CCCOC(=O)c1ccc(CS(=O)N2C(=O)CC2CC(=O)NCCCCCCc2ccc(Cl)cc2)cc1. The van der Waals surface area contributed by atoms with E-state index in [1.165, 1.54) is 9.87 Å². The zero-order valence-electron chi connectivity index (χ0n) is 21.2. The van der Waals surface area contributed by atoms with E-state index in [0.717, 1.165) is 49.1 Å². The highest BCUT2D eigenvalue weighted by molar-refractivity contribution is 7.82. The number of halogens is 1. The summed E-state index contributed by atoms with van der Waals surface area (Å²) >= 11 is 5.91. The number of benzene rings is 2. The van der Waals surface area contributed by atoms with Gasteiger partial charge in [0, 0.05) is 24.4 Å². The summed E-state index contributed by atoms with van der Waals surface area (Å²) in [6, 6.07) is 14.2. The number of amides is 2. The standard InChI is InChI=1S/C28H35ClN2O5S/c1-2-17-36-28(34)23-12-8-22(9-13-23)20-37(35)31-25(19-27(31)33)18-26(32)30-16-6-4-3-5-7-21-10-14-24(29)15-11-21/h8-15,25H,2-7,16-20H2,1H3,(H,30,32). The van der Waals surface area contributed by atoms with E-state index in [4.69, 9.17) is 16.3 Å². The number of unbranched alkanes of at least 4 members (excludes halogenated alkanes) is 3. The van der Waals surface area contributed by atoms with Crippen molar-refractivity contribution in [1.29, 1.82) is 0 Å². The second-order valence-electron chi connectivity index (χ2n) is 9.22. The highest BCUT2D eigenvalue weighted by atomic mass is 35.5. The number of hydrogen-bond donors (Lipinski definition) is 1. The molecule has 1 aliphatic heterocycles. The Morgan fingerprint density at radius 3 is 2.38 bits per heavy atom. The van der Waals surface area contributed by atoms with Crippen molar-refractivity contribution in [3.05, 3.63) is 70.2 Å². The number of carbonyl (C=O) groups excluding carboxylic acids is 3. The Labute approximate surface area is 226 Å². The van der Waals surface area contributed by atoms with Gasteiger partial charge in [-0.2, -0.15) is 0 Å². The first-order valence-corrected chi connectivity index (χ1v) is 14.5. The third kappa shape index (κ3) is 9.27. The highest BCUT2D eigenvalue weighted by Gasteiger charge is 2.41. The third-order valence-electron chi connectivity index (χ3n) is 6.17. The van der Waals surface area contributed by atoms with Crippen molar-refractivity contribution in [3.8, 4) is 0 Å². The number of ether oxygens (including phenoxy) is 1. The van der Waals surface area contributed by atoms with Crippen LogP contribution in [0.15, 0.2) is 48.5 Å². The van der Waals surface area contributed by atoms with Crippen LogP contribution in [0.1, 0.15) is 73.4 Å². The Morgan fingerprint density at radius 2 is 1.70 bits per heavy atom. The molecule has 2 amide bonds. The predicted octanol–water partition coefficient (Wildman–Crippen LogP) is 4.98. The van der Waals surface area contributed by atoms with Gasteiger partial charge in [-0.05, 0) is 61.1 Å². The van der Waals surface area contributed by atoms with Crippen LogP contribution < -0.4 is 5.32 Å². The molecule has 2 aromatic rings. The van der Waals surface area contributed by atoms with Crippen molar-refractivity contribution >= 4 is 40.4 Å². The second-order valence-corrected chi connectivity index (χ2v) is 11.0. The normalized spacial score (nSPS) is 15.7. The van der Waals surface area contributed by atoms with E-state index in [1.807, 2.05) is 31.2 Å². The smallest absolute Gasteiger partial charge is 0.338 e. The van der Waals surface area contributed by atoms with Gasteiger partial charge in [0.2, 0.25) is 11.8 Å². The highest BCUT2D eigenvalue weighted by Crippen LogP contribution is 2.26. The summed E-state index contributed by atoms with van der Waals surface area (Å²) in [5.74, 6) is -0.590. The summed E-state index contributed by atoms with van der Waals surface area (Å²) in [7, 11) is -1.58. The molecule has 2 aromatic carbocycles. The molecule has 7 nitrogen and oxygen atoms in total. The first kappa shape index (κ1) is 28.9. The first-order valence-electron chi connectivity index (χ1n) is 12.8. The van der Waals surface area contributed by atoms with Crippen LogP contribution >= 0.6 is 11.6 Å². The van der Waals surface area contributed by atoms with E-state index >= 15 is 0 Å². The molecular weight excluding hydrogens is 512 g/mol. The van der Waals surface area contributed by atoms with Gasteiger partial charge >= 0.3 is 5.97 Å². The first-order chi connectivity index (χ1) is 17.9. The Bertz CT molecular complexity index is 1070. The summed E-state index contributed by atoms with van der Waals surface area (Å²) in [5.41, 5.74) is 2.45. The van der Waals surface area contributed by atoms with Gasteiger partial charge in [-0.1, -0.05) is 55.6 Å². The van der Waals surface area contributed by atoms with Crippen LogP contribution in [0.25, 0.3) is 0 Å². The van der Waals surface area contributed by atoms with Gasteiger partial charge in [0.15, 0.2) is 0 Å². The van der Waals surface area contributed by atoms with Crippen molar-refractivity contribution in [2.45, 2.75) is 70.1 Å². The summed E-state index contributed by atoms with van der Waals surface area (Å²) < 4.78 is 19.2. The molecule has 3 rings (SSSR count). The average Bonchev–Trinajstić information content (AvgIpc) is 2.87. The lowest BCUT2D eigenvalue weighted by Gasteiger charge is -2.38. The zero-order valence-corrected chi connectivity index (χ0v) is 22.8. The second kappa shape index (κ2) is 14.9. The largest absolute Gasteiger partial charge is 0.462 e. The fraction of sp³-hybridized carbons (Fsp3) is 0.464. The molecule has 0 bridgehead atoms. The van der Waals surface area contributed by atoms with E-state index in [1.54, 1.807) is 24.3 Å². The summed E-state index contributed by atoms with van der Waals surface area (Å²) in [4.78, 5) is 36.4. The maximum absolute atomic E-state index is 12.8. The molecule has 200 valence electrons. The minimum Gasteiger partial charge on any atom is -0.462 e. The molecule has 1 aliphatic rings. The lowest BCUT2D eigenvalue weighted by molar-refractivity contribution is -0.138. The number of aryl methyl sites for hydroxylation is 1. The van der Waals surface area contributed by atoms with Crippen LogP contribution in [0.5, 0.6) is 0 Å². The van der Waals surface area contributed by atoms with Gasteiger partial charge in [0.25, 0.3) is 0 Å². The topological polar surface area (TPSA) is 92.8 Å². The molecule has 9 heteroatoms. The van der Waals surface area contributed by atoms with E-state index < -0.39 is 17.0 Å². The Hall–Kier alpha value is -2.71. The fourth-order valence-corrected chi connectivity index (χ4v) is 5.63. The maximum Gasteiger partial charge on any atom is 0.338 e. The minimum absolute atomic E-state index is 0.129. The van der Waals surface area contributed by atoms with Crippen LogP contribution in [0, 0.1) is 0 Å². The van der Waals surface area contributed by atoms with E-state index in [9.17, 15) is 18.6 Å². The molecule has 0 radical (unpaired) electrons. The van der Waals surface area contributed by atoms with Crippen molar-refractivity contribution in [2.75, 3.05) is 13.2 Å². The minimum atomic E-state index is -1.58. The molecule has 37 heavy (non-hydrogen) atoms. The molecule has 2 unspecified atom stereocenters. The molecule has 0 saturated carbocycles. The number of β-lactam (4-membered cyclic amide) rings is 1. The monoisotopic (exact) mass is 546 g/mol.